The molecule has 0 aromatic heterocycles. The molecule has 0 heterocycles. The van der Waals surface area contributed by atoms with Gasteiger partial charge in [0.15, 0.2) is 0 Å². The number of nitrogens with zero attached hydrogens (tertiary/aromatic N) is 1. The molecule has 118 valence electrons. The average Bonchev–Trinajstić information content (AvgIpc) is 2.53. The van der Waals surface area contributed by atoms with Crippen LogP contribution in [0, 0.1) is 10.1 Å². The van der Waals surface area contributed by atoms with Gasteiger partial charge in [0.25, 0.3) is 17.5 Å². The molecule has 0 aliphatic heterocycles. The maximum absolute atomic E-state index is 12.2. The van der Waals surface area contributed by atoms with Crippen molar-refractivity contribution in [3.8, 4) is 0 Å². The summed E-state index contributed by atoms with van der Waals surface area (Å²) in [5.74, 6) is -0.812. The molecule has 0 unspecified atom stereocenters. The zero-order valence-corrected chi connectivity index (χ0v) is 12.8. The third kappa shape index (κ3) is 3.83. The minimum atomic E-state index is -0.597. The summed E-state index contributed by atoms with van der Waals surface area (Å²) in [5.41, 5.74) is 0.696. The third-order valence-electron chi connectivity index (χ3n) is 3.02. The molecule has 2 N–H and O–H groups in total. The Hall–Kier alpha value is -2.93. The Morgan fingerprint density at radius 3 is 2.48 bits per heavy atom. The highest BCUT2D eigenvalue weighted by Crippen LogP contribution is 2.23. The van der Waals surface area contributed by atoms with Gasteiger partial charge in [-0.2, -0.15) is 0 Å². The molecule has 0 aliphatic rings. The van der Waals surface area contributed by atoms with Gasteiger partial charge in [-0.1, -0.05) is 17.7 Å². The van der Waals surface area contributed by atoms with E-state index in [9.17, 15) is 19.7 Å². The van der Waals surface area contributed by atoms with E-state index in [-0.39, 0.29) is 22.2 Å². The van der Waals surface area contributed by atoms with E-state index in [1.54, 1.807) is 18.2 Å². The predicted octanol–water partition coefficient (Wildman–Crippen LogP) is 2.86. The summed E-state index contributed by atoms with van der Waals surface area (Å²) in [5, 5.41) is 15.7. The Morgan fingerprint density at radius 1 is 1.13 bits per heavy atom. The molecule has 7 nitrogen and oxygen atoms in total. The van der Waals surface area contributed by atoms with Crippen molar-refractivity contribution in [3.05, 3.63) is 68.7 Å². The van der Waals surface area contributed by atoms with Gasteiger partial charge in [-0.3, -0.25) is 19.7 Å². The van der Waals surface area contributed by atoms with Crippen LogP contribution in [0.1, 0.15) is 20.7 Å². The Morgan fingerprint density at radius 2 is 1.87 bits per heavy atom. The number of nitrogens with one attached hydrogen (secondary N) is 2. The second-order valence-corrected chi connectivity index (χ2v) is 4.94. The molecule has 2 aromatic rings. The lowest BCUT2D eigenvalue weighted by molar-refractivity contribution is -0.384. The largest absolute Gasteiger partial charge is 0.355 e. The monoisotopic (exact) mass is 333 g/mol. The van der Waals surface area contributed by atoms with E-state index < -0.39 is 10.8 Å². The number of carbonyl (C=O) groups excluding carboxylic acids is 2. The van der Waals surface area contributed by atoms with Gasteiger partial charge in [-0.05, 0) is 24.3 Å². The number of benzene rings is 2. The summed E-state index contributed by atoms with van der Waals surface area (Å²) in [6, 6.07) is 9.93. The van der Waals surface area contributed by atoms with Crippen LogP contribution >= 0.6 is 11.6 Å². The molecule has 0 bridgehead atoms. The fourth-order valence-corrected chi connectivity index (χ4v) is 2.14. The first-order chi connectivity index (χ1) is 10.9. The quantitative estimate of drug-likeness (QED) is 0.663. The SMILES string of the molecule is CNC(=O)c1cccc(NC(=O)c2ccc([N+](=O)[O-])cc2Cl)c1. The summed E-state index contributed by atoms with van der Waals surface area (Å²) in [4.78, 5) is 33.8. The molecule has 0 radical (unpaired) electrons. The van der Waals surface area contributed by atoms with Gasteiger partial charge < -0.3 is 10.6 Å². The number of amides is 2. The molecule has 0 saturated carbocycles. The number of halogens is 1. The van der Waals surface area contributed by atoms with E-state index in [1.165, 1.54) is 25.2 Å². The number of rotatable bonds is 4. The molecule has 2 amide bonds. The summed E-state index contributed by atoms with van der Waals surface area (Å²) in [7, 11) is 1.50. The van der Waals surface area contributed by atoms with Crippen molar-refractivity contribution in [2.45, 2.75) is 0 Å². The van der Waals surface area contributed by atoms with Crippen LogP contribution in [0.4, 0.5) is 11.4 Å². The van der Waals surface area contributed by atoms with Crippen molar-refractivity contribution in [3.63, 3.8) is 0 Å². The Bertz CT molecular complexity index is 792. The zero-order valence-electron chi connectivity index (χ0n) is 12.0. The maximum atomic E-state index is 12.2. The third-order valence-corrected chi connectivity index (χ3v) is 3.33. The van der Waals surface area contributed by atoms with Crippen LogP contribution < -0.4 is 10.6 Å². The van der Waals surface area contributed by atoms with Crippen molar-refractivity contribution in [2.75, 3.05) is 12.4 Å². The topological polar surface area (TPSA) is 101 Å². The summed E-state index contributed by atoms with van der Waals surface area (Å²) in [6.45, 7) is 0. The fraction of sp³-hybridized carbons (Fsp3) is 0.0667. The van der Waals surface area contributed by atoms with E-state index in [4.69, 9.17) is 11.6 Å². The average molecular weight is 334 g/mol. The molecule has 0 atom stereocenters. The predicted molar refractivity (Wildman–Crippen MR) is 85.9 cm³/mol. The lowest BCUT2D eigenvalue weighted by atomic mass is 10.1. The van der Waals surface area contributed by atoms with Gasteiger partial charge in [-0.15, -0.1) is 0 Å². The van der Waals surface area contributed by atoms with Gasteiger partial charge in [0.05, 0.1) is 15.5 Å². The van der Waals surface area contributed by atoms with Crippen LogP contribution in [0.15, 0.2) is 42.5 Å². The minimum absolute atomic E-state index is 0.0286. The van der Waals surface area contributed by atoms with Gasteiger partial charge >= 0.3 is 0 Å². The summed E-state index contributed by atoms with van der Waals surface area (Å²) in [6.07, 6.45) is 0. The van der Waals surface area contributed by atoms with E-state index in [0.29, 0.717) is 11.3 Å². The highest BCUT2D eigenvalue weighted by molar-refractivity contribution is 6.34. The number of anilines is 1. The number of carbonyl (C=O) groups is 2. The smallest absolute Gasteiger partial charge is 0.270 e. The van der Waals surface area contributed by atoms with E-state index in [1.807, 2.05) is 0 Å². The number of hydrogen-bond acceptors (Lipinski definition) is 4. The Kier molecular flexibility index (Phi) is 4.92. The first-order valence-electron chi connectivity index (χ1n) is 6.50. The van der Waals surface area contributed by atoms with Crippen molar-refractivity contribution in [1.29, 1.82) is 0 Å². The van der Waals surface area contributed by atoms with Gasteiger partial charge in [-0.25, -0.2) is 0 Å². The molecule has 23 heavy (non-hydrogen) atoms. The second-order valence-electron chi connectivity index (χ2n) is 4.54. The van der Waals surface area contributed by atoms with Gasteiger partial charge in [0, 0.05) is 30.4 Å². The first kappa shape index (κ1) is 16.4. The van der Waals surface area contributed by atoms with Crippen LogP contribution in [-0.4, -0.2) is 23.8 Å². The molecule has 0 aliphatic carbocycles. The molecule has 0 fully saturated rings. The Labute approximate surface area is 136 Å². The van der Waals surface area contributed by atoms with Crippen LogP contribution in [-0.2, 0) is 0 Å². The van der Waals surface area contributed by atoms with E-state index in [2.05, 4.69) is 10.6 Å². The number of nitro benzene ring substituents is 1. The van der Waals surface area contributed by atoms with Crippen LogP contribution in [0.5, 0.6) is 0 Å². The molecule has 0 saturated heterocycles. The molecular formula is C15H12ClN3O4. The number of non-ortho nitro benzene ring substituents is 1. The van der Waals surface area contributed by atoms with Crippen LogP contribution in [0.3, 0.4) is 0 Å². The minimum Gasteiger partial charge on any atom is -0.355 e. The molecule has 2 rings (SSSR count). The van der Waals surface area contributed by atoms with Crippen LogP contribution in [0.25, 0.3) is 0 Å². The lowest BCUT2D eigenvalue weighted by Gasteiger charge is -2.08. The molecule has 2 aromatic carbocycles. The standard InChI is InChI=1S/C15H12ClN3O4/c1-17-14(20)9-3-2-4-10(7-9)18-15(21)12-6-5-11(19(22)23)8-13(12)16/h2-8H,1H3,(H,17,20)(H,18,21). The van der Waals surface area contributed by atoms with Crippen molar-refractivity contribution in [2.24, 2.45) is 0 Å². The number of hydrogen-bond donors (Lipinski definition) is 2. The molecule has 0 spiro atoms. The molecule has 8 heteroatoms. The summed E-state index contributed by atoms with van der Waals surface area (Å²) < 4.78 is 0. The van der Waals surface area contributed by atoms with E-state index in [0.717, 1.165) is 6.07 Å². The molecular weight excluding hydrogens is 322 g/mol. The summed E-state index contributed by atoms with van der Waals surface area (Å²) >= 11 is 5.91. The number of nitro groups is 1. The Balaban J connectivity index is 2.22. The van der Waals surface area contributed by atoms with Gasteiger partial charge in [0.2, 0.25) is 0 Å². The second kappa shape index (κ2) is 6.89. The lowest BCUT2D eigenvalue weighted by Crippen LogP contribution is -2.18. The van der Waals surface area contributed by atoms with Gasteiger partial charge in [0.1, 0.15) is 0 Å². The van der Waals surface area contributed by atoms with Crippen molar-refractivity contribution >= 4 is 34.8 Å². The zero-order chi connectivity index (χ0) is 17.0. The highest BCUT2D eigenvalue weighted by atomic mass is 35.5. The fourth-order valence-electron chi connectivity index (χ4n) is 1.88. The van der Waals surface area contributed by atoms with Crippen molar-refractivity contribution < 1.29 is 14.5 Å². The normalized spacial score (nSPS) is 10.0. The van der Waals surface area contributed by atoms with Crippen molar-refractivity contribution in [1.82, 2.24) is 5.32 Å². The highest BCUT2D eigenvalue weighted by Gasteiger charge is 2.15. The maximum Gasteiger partial charge on any atom is 0.270 e. The first-order valence-corrected chi connectivity index (χ1v) is 6.87. The van der Waals surface area contributed by atoms with E-state index >= 15 is 0 Å². The van der Waals surface area contributed by atoms with Crippen LogP contribution in [0.2, 0.25) is 5.02 Å².